The first-order valence-corrected chi connectivity index (χ1v) is 4.97. The predicted molar refractivity (Wildman–Crippen MR) is 55.9 cm³/mol. The van der Waals surface area contributed by atoms with Crippen LogP contribution >= 0.6 is 11.6 Å². The van der Waals surface area contributed by atoms with Gasteiger partial charge in [0.2, 0.25) is 0 Å². The van der Waals surface area contributed by atoms with Gasteiger partial charge in [-0.15, -0.1) is 0 Å². The molecule has 0 saturated heterocycles. The zero-order chi connectivity index (χ0) is 9.68. The average Bonchev–Trinajstić information content (AvgIpc) is 2.17. The molecule has 2 nitrogen and oxygen atoms in total. The Hall–Kier alpha value is -0.600. The molecule has 1 rings (SSSR count). The van der Waals surface area contributed by atoms with E-state index in [2.05, 4.69) is 23.7 Å². The molecule has 0 N–H and O–H groups in total. The van der Waals surface area contributed by atoms with Crippen molar-refractivity contribution in [2.24, 2.45) is 0 Å². The summed E-state index contributed by atoms with van der Waals surface area (Å²) in [5, 5.41) is 0.620. The van der Waals surface area contributed by atoms with Gasteiger partial charge in [-0.3, -0.25) is 4.90 Å². The number of hydrogen-bond acceptors (Lipinski definition) is 2. The Morgan fingerprint density at radius 2 is 2.08 bits per heavy atom. The van der Waals surface area contributed by atoms with Crippen molar-refractivity contribution in [3.05, 3.63) is 29.0 Å². The molecule has 0 bridgehead atoms. The van der Waals surface area contributed by atoms with Gasteiger partial charge in [0.25, 0.3) is 0 Å². The van der Waals surface area contributed by atoms with Gasteiger partial charge in [0, 0.05) is 18.3 Å². The van der Waals surface area contributed by atoms with E-state index in [-0.39, 0.29) is 0 Å². The largest absolute Gasteiger partial charge is 0.300 e. The topological polar surface area (TPSA) is 16.1 Å². The van der Waals surface area contributed by atoms with Crippen LogP contribution in [0.1, 0.15) is 19.4 Å². The predicted octanol–water partition coefficient (Wildman–Crippen LogP) is 2.58. The summed E-state index contributed by atoms with van der Waals surface area (Å²) in [5.41, 5.74) is 1.10. The van der Waals surface area contributed by atoms with Gasteiger partial charge in [-0.1, -0.05) is 31.5 Å². The van der Waals surface area contributed by atoms with E-state index >= 15 is 0 Å². The van der Waals surface area contributed by atoms with E-state index < -0.39 is 0 Å². The second-order valence-corrected chi connectivity index (χ2v) is 3.27. The van der Waals surface area contributed by atoms with Crippen LogP contribution in [0.5, 0.6) is 0 Å². The van der Waals surface area contributed by atoms with Gasteiger partial charge < -0.3 is 0 Å². The van der Waals surface area contributed by atoms with Crippen LogP contribution < -0.4 is 0 Å². The molecule has 0 aliphatic heterocycles. The summed E-state index contributed by atoms with van der Waals surface area (Å²) in [7, 11) is 0. The second-order valence-electron chi connectivity index (χ2n) is 2.91. The molecule has 0 amide bonds. The normalized spacial score (nSPS) is 10.8. The van der Waals surface area contributed by atoms with Crippen LogP contribution in [-0.4, -0.2) is 23.0 Å². The molecular formula is C10H15ClN2. The highest BCUT2D eigenvalue weighted by molar-refractivity contribution is 6.30. The third kappa shape index (κ3) is 2.98. The lowest BCUT2D eigenvalue weighted by atomic mass is 10.2. The number of hydrogen-bond donors (Lipinski definition) is 0. The molecule has 0 fully saturated rings. The lowest BCUT2D eigenvalue weighted by molar-refractivity contribution is 0.295. The molecule has 3 heteroatoms. The SMILES string of the molecule is CCN(CC)Cc1cccnc1Cl. The molecule has 1 aromatic rings. The number of halogens is 1. The Balaban J connectivity index is 2.67. The van der Waals surface area contributed by atoms with Crippen molar-refractivity contribution in [2.75, 3.05) is 13.1 Å². The number of rotatable bonds is 4. The zero-order valence-electron chi connectivity index (χ0n) is 8.13. The first kappa shape index (κ1) is 10.5. The molecule has 0 aromatic carbocycles. The van der Waals surface area contributed by atoms with Crippen LogP contribution in [0.4, 0.5) is 0 Å². The Morgan fingerprint density at radius 1 is 1.38 bits per heavy atom. The van der Waals surface area contributed by atoms with Crippen molar-refractivity contribution in [1.82, 2.24) is 9.88 Å². The highest BCUT2D eigenvalue weighted by atomic mass is 35.5. The molecule has 0 saturated carbocycles. The summed E-state index contributed by atoms with van der Waals surface area (Å²) in [5.74, 6) is 0. The van der Waals surface area contributed by atoms with Crippen LogP contribution in [0.2, 0.25) is 5.15 Å². The van der Waals surface area contributed by atoms with Gasteiger partial charge in [0.15, 0.2) is 0 Å². The molecular weight excluding hydrogens is 184 g/mol. The molecule has 1 aromatic heterocycles. The molecule has 0 radical (unpaired) electrons. The Bertz CT molecular complexity index is 259. The lowest BCUT2D eigenvalue weighted by Crippen LogP contribution is -2.22. The Kier molecular flexibility index (Phi) is 4.19. The van der Waals surface area contributed by atoms with Crippen molar-refractivity contribution in [3.8, 4) is 0 Å². The fourth-order valence-corrected chi connectivity index (χ4v) is 1.40. The molecule has 0 aliphatic rings. The van der Waals surface area contributed by atoms with Gasteiger partial charge in [0.05, 0.1) is 0 Å². The van der Waals surface area contributed by atoms with Crippen molar-refractivity contribution >= 4 is 11.6 Å². The highest BCUT2D eigenvalue weighted by Gasteiger charge is 2.04. The Morgan fingerprint density at radius 3 is 2.62 bits per heavy atom. The summed E-state index contributed by atoms with van der Waals surface area (Å²) < 4.78 is 0. The van der Waals surface area contributed by atoms with Crippen LogP contribution in [0.25, 0.3) is 0 Å². The zero-order valence-corrected chi connectivity index (χ0v) is 8.88. The summed E-state index contributed by atoms with van der Waals surface area (Å²) in [6.45, 7) is 7.27. The second kappa shape index (κ2) is 5.20. The van der Waals surface area contributed by atoms with Crippen LogP contribution in [0, 0.1) is 0 Å². The first-order chi connectivity index (χ1) is 6.27. The monoisotopic (exact) mass is 198 g/mol. The smallest absolute Gasteiger partial charge is 0.133 e. The molecule has 72 valence electrons. The van der Waals surface area contributed by atoms with E-state index in [0.29, 0.717) is 5.15 Å². The molecule has 1 heterocycles. The standard InChI is InChI=1S/C10H15ClN2/c1-3-13(4-2)8-9-6-5-7-12-10(9)11/h5-7H,3-4,8H2,1-2H3. The average molecular weight is 199 g/mol. The molecule has 0 spiro atoms. The minimum Gasteiger partial charge on any atom is -0.300 e. The fraction of sp³-hybridized carbons (Fsp3) is 0.500. The quantitative estimate of drug-likeness (QED) is 0.692. The molecule has 0 atom stereocenters. The van der Waals surface area contributed by atoms with E-state index in [0.717, 1.165) is 25.2 Å². The van der Waals surface area contributed by atoms with E-state index in [4.69, 9.17) is 11.6 Å². The molecule has 0 aliphatic carbocycles. The van der Waals surface area contributed by atoms with Crippen LogP contribution in [0.3, 0.4) is 0 Å². The maximum Gasteiger partial charge on any atom is 0.133 e. The van der Waals surface area contributed by atoms with E-state index in [9.17, 15) is 0 Å². The van der Waals surface area contributed by atoms with Gasteiger partial charge in [-0.05, 0) is 19.2 Å². The van der Waals surface area contributed by atoms with E-state index in [1.807, 2.05) is 12.1 Å². The lowest BCUT2D eigenvalue weighted by Gasteiger charge is -2.18. The summed E-state index contributed by atoms with van der Waals surface area (Å²) >= 11 is 5.94. The number of aromatic nitrogens is 1. The highest BCUT2D eigenvalue weighted by Crippen LogP contribution is 2.13. The van der Waals surface area contributed by atoms with E-state index in [1.165, 1.54) is 0 Å². The van der Waals surface area contributed by atoms with Gasteiger partial charge in [0.1, 0.15) is 5.15 Å². The third-order valence-corrected chi connectivity index (χ3v) is 2.47. The van der Waals surface area contributed by atoms with Gasteiger partial charge in [-0.25, -0.2) is 4.98 Å². The third-order valence-electron chi connectivity index (χ3n) is 2.12. The van der Waals surface area contributed by atoms with E-state index in [1.54, 1.807) is 6.20 Å². The number of pyridine rings is 1. The fourth-order valence-electron chi connectivity index (χ4n) is 1.23. The van der Waals surface area contributed by atoms with Gasteiger partial charge in [-0.2, -0.15) is 0 Å². The Labute approximate surface area is 84.5 Å². The minimum absolute atomic E-state index is 0.620. The molecule has 13 heavy (non-hydrogen) atoms. The summed E-state index contributed by atoms with van der Waals surface area (Å²) in [4.78, 5) is 6.35. The van der Waals surface area contributed by atoms with Crippen molar-refractivity contribution in [3.63, 3.8) is 0 Å². The maximum absolute atomic E-state index is 5.94. The van der Waals surface area contributed by atoms with Crippen molar-refractivity contribution in [2.45, 2.75) is 20.4 Å². The van der Waals surface area contributed by atoms with Crippen LogP contribution in [0.15, 0.2) is 18.3 Å². The number of nitrogens with zero attached hydrogens (tertiary/aromatic N) is 2. The van der Waals surface area contributed by atoms with Crippen molar-refractivity contribution < 1.29 is 0 Å². The summed E-state index contributed by atoms with van der Waals surface area (Å²) in [6.07, 6.45) is 1.72. The van der Waals surface area contributed by atoms with Gasteiger partial charge >= 0.3 is 0 Å². The van der Waals surface area contributed by atoms with Crippen molar-refractivity contribution in [1.29, 1.82) is 0 Å². The first-order valence-electron chi connectivity index (χ1n) is 4.59. The van der Waals surface area contributed by atoms with Crippen LogP contribution in [-0.2, 0) is 6.54 Å². The maximum atomic E-state index is 5.94. The summed E-state index contributed by atoms with van der Waals surface area (Å²) in [6, 6.07) is 3.94. The minimum atomic E-state index is 0.620. The molecule has 0 unspecified atom stereocenters.